The fourth-order valence-electron chi connectivity index (χ4n) is 2.19. The van der Waals surface area contributed by atoms with E-state index >= 15 is 0 Å². The number of furan rings is 1. The zero-order valence-corrected chi connectivity index (χ0v) is 14.2. The van der Waals surface area contributed by atoms with Gasteiger partial charge in [0, 0.05) is 18.2 Å². The van der Waals surface area contributed by atoms with Crippen molar-refractivity contribution in [3.05, 3.63) is 47.4 Å². The van der Waals surface area contributed by atoms with Crippen molar-refractivity contribution in [2.24, 2.45) is 0 Å². The third kappa shape index (κ3) is 4.32. The predicted molar refractivity (Wildman–Crippen MR) is 90.4 cm³/mol. The Bertz CT molecular complexity index is 708. The van der Waals surface area contributed by atoms with Crippen molar-refractivity contribution in [1.29, 1.82) is 0 Å². The van der Waals surface area contributed by atoms with E-state index in [9.17, 15) is 4.79 Å². The molecule has 1 amide bonds. The number of aryl methyl sites for hydroxylation is 1. The van der Waals surface area contributed by atoms with E-state index in [0.29, 0.717) is 23.0 Å². The van der Waals surface area contributed by atoms with Crippen LogP contribution in [-0.4, -0.2) is 27.2 Å². The van der Waals surface area contributed by atoms with Gasteiger partial charge in [0.1, 0.15) is 28.8 Å². The van der Waals surface area contributed by atoms with Crippen molar-refractivity contribution in [3.8, 4) is 17.2 Å². The molecule has 0 radical (unpaired) electrons. The Kier molecular flexibility index (Phi) is 5.89. The molecule has 0 aliphatic carbocycles. The molecule has 0 saturated heterocycles. The van der Waals surface area contributed by atoms with E-state index in [4.69, 9.17) is 18.6 Å². The van der Waals surface area contributed by atoms with Gasteiger partial charge in [0.05, 0.1) is 33.4 Å². The highest BCUT2D eigenvalue weighted by Crippen LogP contribution is 2.33. The maximum absolute atomic E-state index is 12.0. The number of ether oxygens (including phenoxy) is 3. The quantitative estimate of drug-likeness (QED) is 0.790. The van der Waals surface area contributed by atoms with E-state index in [1.54, 1.807) is 45.6 Å². The van der Waals surface area contributed by atoms with Crippen LogP contribution in [0.5, 0.6) is 17.2 Å². The average Bonchev–Trinajstić information content (AvgIpc) is 3.02. The summed E-state index contributed by atoms with van der Waals surface area (Å²) < 4.78 is 21.3. The predicted octanol–water partition coefficient (Wildman–Crippen LogP) is 2.94. The van der Waals surface area contributed by atoms with E-state index < -0.39 is 0 Å². The summed E-state index contributed by atoms with van der Waals surface area (Å²) in [6, 6.07) is 7.12. The van der Waals surface area contributed by atoms with Crippen LogP contribution in [0, 0.1) is 6.92 Å². The van der Waals surface area contributed by atoms with Crippen molar-refractivity contribution in [3.63, 3.8) is 0 Å². The Balaban J connectivity index is 2.07. The number of methoxy groups -OCH3 is 3. The smallest absolute Gasteiger partial charge is 0.244 e. The van der Waals surface area contributed by atoms with Crippen LogP contribution in [0.25, 0.3) is 6.08 Å². The maximum Gasteiger partial charge on any atom is 0.244 e. The van der Waals surface area contributed by atoms with Gasteiger partial charge in [0.2, 0.25) is 5.91 Å². The fourth-order valence-corrected chi connectivity index (χ4v) is 2.19. The van der Waals surface area contributed by atoms with Gasteiger partial charge < -0.3 is 23.9 Å². The van der Waals surface area contributed by atoms with Crippen LogP contribution >= 0.6 is 0 Å². The van der Waals surface area contributed by atoms with Gasteiger partial charge in [-0.05, 0) is 25.1 Å². The lowest BCUT2D eigenvalue weighted by Crippen LogP contribution is -2.21. The number of amides is 1. The van der Waals surface area contributed by atoms with Gasteiger partial charge in [-0.3, -0.25) is 4.79 Å². The third-order valence-electron chi connectivity index (χ3n) is 3.42. The number of carbonyl (C=O) groups is 1. The van der Waals surface area contributed by atoms with Gasteiger partial charge >= 0.3 is 0 Å². The summed E-state index contributed by atoms with van der Waals surface area (Å²) in [7, 11) is 4.67. The van der Waals surface area contributed by atoms with E-state index in [2.05, 4.69) is 5.32 Å². The van der Waals surface area contributed by atoms with Crippen LogP contribution in [0.1, 0.15) is 17.1 Å². The van der Waals surface area contributed by atoms with Crippen molar-refractivity contribution in [2.45, 2.75) is 13.5 Å². The molecule has 1 heterocycles. The summed E-state index contributed by atoms with van der Waals surface area (Å²) in [6.45, 7) is 2.11. The second-order valence-electron chi connectivity index (χ2n) is 5.01. The number of benzene rings is 1. The lowest BCUT2D eigenvalue weighted by molar-refractivity contribution is -0.116. The number of nitrogens with one attached hydrogen (secondary N) is 1. The summed E-state index contributed by atoms with van der Waals surface area (Å²) in [4.78, 5) is 12.0. The molecule has 6 nitrogen and oxygen atoms in total. The zero-order chi connectivity index (χ0) is 17.5. The Labute approximate surface area is 141 Å². The molecule has 0 aliphatic heterocycles. The number of hydrogen-bond acceptors (Lipinski definition) is 5. The van der Waals surface area contributed by atoms with Crippen LogP contribution in [0.15, 0.2) is 34.8 Å². The normalized spacial score (nSPS) is 10.7. The summed E-state index contributed by atoms with van der Waals surface area (Å²) in [5.41, 5.74) is 0.733. The monoisotopic (exact) mass is 331 g/mol. The van der Waals surface area contributed by atoms with Gasteiger partial charge in [0.25, 0.3) is 0 Å². The van der Waals surface area contributed by atoms with Gasteiger partial charge in [-0.2, -0.15) is 0 Å². The first-order chi connectivity index (χ1) is 11.6. The van der Waals surface area contributed by atoms with Crippen LogP contribution in [0.2, 0.25) is 0 Å². The molecule has 128 valence electrons. The van der Waals surface area contributed by atoms with E-state index in [1.165, 1.54) is 6.08 Å². The average molecular weight is 331 g/mol. The lowest BCUT2D eigenvalue weighted by Gasteiger charge is -2.15. The highest BCUT2D eigenvalue weighted by atomic mass is 16.5. The molecule has 24 heavy (non-hydrogen) atoms. The van der Waals surface area contributed by atoms with Gasteiger partial charge in [-0.25, -0.2) is 0 Å². The topological polar surface area (TPSA) is 69.9 Å². The van der Waals surface area contributed by atoms with Crippen LogP contribution < -0.4 is 19.5 Å². The SMILES string of the molecule is COc1cc(OC)c(CNC(=O)C=Cc2ccc(C)o2)c(OC)c1. The molecule has 0 bridgehead atoms. The molecule has 0 unspecified atom stereocenters. The molecule has 0 fully saturated rings. The number of carbonyl (C=O) groups excluding carboxylic acids is 1. The van der Waals surface area contributed by atoms with Crippen molar-refractivity contribution < 1.29 is 23.4 Å². The van der Waals surface area contributed by atoms with Gasteiger partial charge in [0.15, 0.2) is 0 Å². The van der Waals surface area contributed by atoms with E-state index in [0.717, 1.165) is 11.3 Å². The lowest BCUT2D eigenvalue weighted by atomic mass is 10.1. The first-order valence-electron chi connectivity index (χ1n) is 7.38. The van der Waals surface area contributed by atoms with Crippen molar-refractivity contribution in [2.75, 3.05) is 21.3 Å². The standard InChI is InChI=1S/C18H21NO5/c1-12-5-6-13(24-12)7-8-18(20)19-11-15-16(22-3)9-14(21-2)10-17(15)23-4/h5-10H,11H2,1-4H3,(H,19,20). The third-order valence-corrected chi connectivity index (χ3v) is 3.42. The van der Waals surface area contributed by atoms with Crippen LogP contribution in [0.4, 0.5) is 0 Å². The second-order valence-corrected chi connectivity index (χ2v) is 5.01. The molecule has 0 spiro atoms. The van der Waals surface area contributed by atoms with Crippen molar-refractivity contribution in [1.82, 2.24) is 5.32 Å². The van der Waals surface area contributed by atoms with E-state index in [1.807, 2.05) is 13.0 Å². The molecule has 2 aromatic rings. The molecular weight excluding hydrogens is 310 g/mol. The molecule has 0 atom stereocenters. The molecule has 1 aromatic heterocycles. The minimum atomic E-state index is -0.246. The molecule has 6 heteroatoms. The Morgan fingerprint density at radius 3 is 2.29 bits per heavy atom. The fraction of sp³-hybridized carbons (Fsp3) is 0.278. The largest absolute Gasteiger partial charge is 0.496 e. The highest BCUT2D eigenvalue weighted by Gasteiger charge is 2.13. The maximum atomic E-state index is 12.0. The van der Waals surface area contributed by atoms with E-state index in [-0.39, 0.29) is 12.5 Å². The molecule has 2 rings (SSSR count). The minimum absolute atomic E-state index is 0.246. The number of hydrogen-bond donors (Lipinski definition) is 1. The molecular formula is C18H21NO5. The minimum Gasteiger partial charge on any atom is -0.496 e. The second kappa shape index (κ2) is 8.10. The Morgan fingerprint density at radius 2 is 1.79 bits per heavy atom. The molecule has 0 saturated carbocycles. The van der Waals surface area contributed by atoms with Crippen LogP contribution in [0.3, 0.4) is 0 Å². The summed E-state index contributed by atoms with van der Waals surface area (Å²) in [6.07, 6.45) is 3.03. The van der Waals surface area contributed by atoms with Gasteiger partial charge in [-0.15, -0.1) is 0 Å². The van der Waals surface area contributed by atoms with Crippen molar-refractivity contribution >= 4 is 12.0 Å². The molecule has 0 aliphatic rings. The molecule has 1 N–H and O–H groups in total. The van der Waals surface area contributed by atoms with Crippen LogP contribution in [-0.2, 0) is 11.3 Å². The number of rotatable bonds is 7. The Morgan fingerprint density at radius 1 is 1.12 bits per heavy atom. The summed E-state index contributed by atoms with van der Waals surface area (Å²) in [5.74, 6) is 2.95. The summed E-state index contributed by atoms with van der Waals surface area (Å²) >= 11 is 0. The first-order valence-corrected chi connectivity index (χ1v) is 7.38. The first kappa shape index (κ1) is 17.5. The highest BCUT2D eigenvalue weighted by molar-refractivity contribution is 5.91. The van der Waals surface area contributed by atoms with Gasteiger partial charge in [-0.1, -0.05) is 0 Å². The zero-order valence-electron chi connectivity index (χ0n) is 14.2. The summed E-state index contributed by atoms with van der Waals surface area (Å²) in [5, 5.41) is 2.79. The Hall–Kier alpha value is -2.89. The molecule has 1 aromatic carbocycles.